The molecule has 0 spiro atoms. The van der Waals surface area contributed by atoms with E-state index in [4.69, 9.17) is 19.8 Å². The van der Waals surface area contributed by atoms with E-state index in [-0.39, 0.29) is 35.7 Å². The van der Waals surface area contributed by atoms with E-state index in [0.717, 1.165) is 0 Å². The first-order valence-electron chi connectivity index (χ1n) is 1.09. The Bertz CT molecular complexity index is 80.0. The summed E-state index contributed by atoms with van der Waals surface area (Å²) in [5.41, 5.74) is 0. The number of carbonyl (C=O) groups is 2. The van der Waals surface area contributed by atoms with Gasteiger partial charge in [0.05, 0.1) is 0 Å². The van der Waals surface area contributed by atoms with E-state index in [2.05, 4.69) is 0 Å². The number of aliphatic carboxylic acids is 2. The summed E-state index contributed by atoms with van der Waals surface area (Å²) in [6.45, 7) is 0. The van der Waals surface area contributed by atoms with Crippen LogP contribution in [0.5, 0.6) is 0 Å². The van der Waals surface area contributed by atoms with E-state index in [1.54, 1.807) is 0 Å². The van der Waals surface area contributed by atoms with E-state index in [9.17, 15) is 0 Å². The third-order valence-electron chi connectivity index (χ3n) is 0.175. The number of rotatable bonds is 0. The monoisotopic (exact) mass is 129 g/mol. The minimum Gasteiger partial charge on any atom is -0.539 e. The average molecular weight is 129 g/mol. The fourth-order valence-corrected chi connectivity index (χ4v) is 0. The van der Waals surface area contributed by atoms with Crippen LogP contribution >= 0.6 is 0 Å². The van der Waals surface area contributed by atoms with Gasteiger partial charge in [0.15, 0.2) is 5.97 Å². The third-order valence-corrected chi connectivity index (χ3v) is 0.175. The van der Waals surface area contributed by atoms with Gasteiger partial charge in [0.1, 0.15) is 0 Å². The maximum absolute atomic E-state index is 9.04. The second kappa shape index (κ2) is 6.90. The second-order valence-corrected chi connectivity index (χ2v) is 0.593. The van der Waals surface area contributed by atoms with Crippen molar-refractivity contribution < 1.29 is 49.4 Å². The van der Waals surface area contributed by atoms with Crippen molar-refractivity contribution in [2.24, 2.45) is 0 Å². The quantitative estimate of drug-likeness (QED) is 0.251. The predicted octanol–water partition coefficient (Wildman–Crippen LogP) is -5.01. The van der Waals surface area contributed by atoms with Crippen molar-refractivity contribution >= 4 is 11.9 Å². The minimum atomic E-state index is -2.07. The fourth-order valence-electron chi connectivity index (χ4n) is 0. The smallest absolute Gasteiger partial charge is 0.539 e. The van der Waals surface area contributed by atoms with Crippen LogP contribution in [0.2, 0.25) is 0 Å². The number of carboxylic acid groups (broad SMARTS) is 2. The molecular formula is C2H4NNaO4. The maximum Gasteiger partial charge on any atom is 1.00 e. The van der Waals surface area contributed by atoms with Crippen LogP contribution in [0.15, 0.2) is 0 Å². The summed E-state index contributed by atoms with van der Waals surface area (Å²) < 4.78 is 0. The van der Waals surface area contributed by atoms with Gasteiger partial charge in [-0.05, 0) is 0 Å². The zero-order chi connectivity index (χ0) is 5.15. The molecule has 0 radical (unpaired) electrons. The van der Waals surface area contributed by atoms with Crippen molar-refractivity contribution in [3.63, 3.8) is 0 Å². The van der Waals surface area contributed by atoms with Gasteiger partial charge in [-0.3, -0.25) is 0 Å². The normalized spacial score (nSPS) is 5.50. The molecule has 6 heteroatoms. The molecule has 5 nitrogen and oxygen atoms in total. The number of carbonyl (C=O) groups excluding carboxylic acids is 1. The van der Waals surface area contributed by atoms with Crippen LogP contribution in [0.3, 0.4) is 0 Å². The molecule has 0 aliphatic carbocycles. The van der Waals surface area contributed by atoms with Crippen LogP contribution < -0.4 is 40.8 Å². The van der Waals surface area contributed by atoms with E-state index in [1.165, 1.54) is 0 Å². The molecule has 0 aliphatic heterocycles. The van der Waals surface area contributed by atoms with Crippen LogP contribution in [0.1, 0.15) is 0 Å². The molecule has 0 saturated heterocycles. The van der Waals surface area contributed by atoms with Crippen molar-refractivity contribution in [3.05, 3.63) is 0 Å². The van der Waals surface area contributed by atoms with Crippen LogP contribution in [0.4, 0.5) is 0 Å². The molecule has 0 fully saturated rings. The Labute approximate surface area is 67.6 Å². The van der Waals surface area contributed by atoms with Gasteiger partial charge in [0, 0.05) is 0 Å². The summed E-state index contributed by atoms with van der Waals surface area (Å²) in [4.78, 5) is 18.0. The van der Waals surface area contributed by atoms with Gasteiger partial charge >= 0.3 is 35.5 Å². The summed E-state index contributed by atoms with van der Waals surface area (Å²) in [6, 6.07) is 0. The summed E-state index contributed by atoms with van der Waals surface area (Å²) in [6.07, 6.45) is 0. The van der Waals surface area contributed by atoms with Gasteiger partial charge in [-0.2, -0.15) is 0 Å². The van der Waals surface area contributed by atoms with Crippen LogP contribution in [0, 0.1) is 0 Å². The summed E-state index contributed by atoms with van der Waals surface area (Å²) in [5, 5.41) is 16.3. The third kappa shape index (κ3) is 9.31. The second-order valence-electron chi connectivity index (χ2n) is 0.593. The van der Waals surface area contributed by atoms with Gasteiger partial charge in [-0.15, -0.1) is 0 Å². The van der Waals surface area contributed by atoms with E-state index in [1.807, 2.05) is 0 Å². The zero-order valence-corrected chi connectivity index (χ0v) is 6.38. The van der Waals surface area contributed by atoms with Crippen LogP contribution in [0.25, 0.3) is 0 Å². The molecular weight excluding hydrogens is 125 g/mol. The number of hydrogen-bond donors (Lipinski definition) is 2. The van der Waals surface area contributed by atoms with Gasteiger partial charge in [0.25, 0.3) is 0 Å². The largest absolute Gasteiger partial charge is 1.00 e. The van der Waals surface area contributed by atoms with Gasteiger partial charge < -0.3 is 21.2 Å². The Balaban J connectivity index is -0.000000125. The Hall–Kier alpha value is -0.100. The fraction of sp³-hybridized carbons (Fsp3) is 0. The Morgan fingerprint density at radius 3 is 1.50 bits per heavy atom. The van der Waals surface area contributed by atoms with Crippen molar-refractivity contribution in [1.29, 1.82) is 0 Å². The molecule has 0 bridgehead atoms. The molecule has 0 saturated carbocycles. The average Bonchev–Trinajstić information content (AvgIpc) is 1.36. The summed E-state index contributed by atoms with van der Waals surface area (Å²) in [5.74, 6) is -4.01. The molecule has 0 aromatic carbocycles. The van der Waals surface area contributed by atoms with Crippen LogP contribution in [-0.4, -0.2) is 17.0 Å². The van der Waals surface area contributed by atoms with Gasteiger partial charge in [-0.25, -0.2) is 4.79 Å². The number of hydrogen-bond acceptors (Lipinski definition) is 4. The molecule has 8 heavy (non-hydrogen) atoms. The number of carboxylic acids is 2. The zero-order valence-electron chi connectivity index (χ0n) is 4.38. The maximum atomic E-state index is 9.04. The van der Waals surface area contributed by atoms with Gasteiger partial charge in [0.2, 0.25) is 0 Å². The Morgan fingerprint density at radius 2 is 1.50 bits per heavy atom. The molecule has 0 heterocycles. The topological polar surface area (TPSA) is 112 Å². The van der Waals surface area contributed by atoms with E-state index in [0.29, 0.717) is 0 Å². The first kappa shape index (κ1) is 15.7. The molecule has 4 N–H and O–H groups in total. The molecule has 0 aliphatic rings. The van der Waals surface area contributed by atoms with Crippen molar-refractivity contribution in [1.82, 2.24) is 6.15 Å². The molecule has 42 valence electrons. The van der Waals surface area contributed by atoms with Crippen molar-refractivity contribution in [2.45, 2.75) is 0 Å². The van der Waals surface area contributed by atoms with Crippen molar-refractivity contribution in [2.75, 3.05) is 0 Å². The molecule has 0 aromatic rings. The standard InChI is InChI=1S/C2H2O4.H3N.Na/c3-1(4)2(5)6;;/h(H,3,4)(H,5,6);1H3;/q;;+1/p-1. The first-order chi connectivity index (χ1) is 2.64. The SMILES string of the molecule is N.O=C([O-])C(=O)O.[Na+]. The molecule has 0 aromatic heterocycles. The minimum absolute atomic E-state index is 0. The Kier molecular flexibility index (Phi) is 13.5. The van der Waals surface area contributed by atoms with E-state index < -0.39 is 11.9 Å². The molecule has 0 unspecified atom stereocenters. The van der Waals surface area contributed by atoms with Crippen LogP contribution in [-0.2, 0) is 9.59 Å². The summed E-state index contributed by atoms with van der Waals surface area (Å²) in [7, 11) is 0. The van der Waals surface area contributed by atoms with E-state index >= 15 is 0 Å². The predicted molar refractivity (Wildman–Crippen MR) is 17.7 cm³/mol. The molecule has 0 amide bonds. The summed E-state index contributed by atoms with van der Waals surface area (Å²) >= 11 is 0. The van der Waals surface area contributed by atoms with Gasteiger partial charge in [-0.1, -0.05) is 0 Å². The molecule has 0 rings (SSSR count). The van der Waals surface area contributed by atoms with Crippen molar-refractivity contribution in [3.8, 4) is 0 Å². The molecule has 0 atom stereocenters. The first-order valence-corrected chi connectivity index (χ1v) is 1.09. The Morgan fingerprint density at radius 1 is 1.38 bits per heavy atom.